The van der Waals surface area contributed by atoms with Crippen molar-refractivity contribution < 1.29 is 4.79 Å². The van der Waals surface area contributed by atoms with Crippen molar-refractivity contribution in [3.8, 4) is 0 Å². The van der Waals surface area contributed by atoms with Gasteiger partial charge in [-0.2, -0.15) is 5.10 Å². The van der Waals surface area contributed by atoms with Crippen molar-refractivity contribution in [1.82, 2.24) is 14.7 Å². The van der Waals surface area contributed by atoms with Gasteiger partial charge in [0.25, 0.3) is 5.91 Å². The Morgan fingerprint density at radius 2 is 1.92 bits per heavy atom. The molecule has 0 spiro atoms. The summed E-state index contributed by atoms with van der Waals surface area (Å²) < 4.78 is 2.03. The van der Waals surface area contributed by atoms with E-state index in [1.807, 2.05) is 40.8 Å². The lowest BCUT2D eigenvalue weighted by Crippen LogP contribution is -2.35. The average Bonchev–Trinajstić information content (AvgIpc) is 3.18. The van der Waals surface area contributed by atoms with E-state index >= 15 is 0 Å². The molecule has 0 aliphatic carbocycles. The van der Waals surface area contributed by atoms with Gasteiger partial charge in [0.1, 0.15) is 4.83 Å². The Bertz CT molecular complexity index is 860. The Labute approximate surface area is 145 Å². The number of fused-ring (bicyclic) bond motifs is 1. The summed E-state index contributed by atoms with van der Waals surface area (Å²) in [6.45, 7) is 4.54. The zero-order chi connectivity index (χ0) is 16.5. The lowest BCUT2D eigenvalue weighted by Gasteiger charge is -2.26. The zero-order valence-electron chi connectivity index (χ0n) is 13.9. The predicted octanol–water partition coefficient (Wildman–Crippen LogP) is 4.08. The number of likely N-dealkylation sites (tertiary alicyclic amines) is 1. The first-order valence-corrected chi connectivity index (χ1v) is 9.34. The number of amides is 1. The van der Waals surface area contributed by atoms with Crippen LogP contribution in [0.25, 0.3) is 10.2 Å². The van der Waals surface area contributed by atoms with Gasteiger partial charge in [-0.15, -0.1) is 11.3 Å². The van der Waals surface area contributed by atoms with Crippen molar-refractivity contribution in [2.75, 3.05) is 13.1 Å². The van der Waals surface area contributed by atoms with E-state index in [2.05, 4.69) is 17.2 Å². The minimum absolute atomic E-state index is 0.182. The molecule has 1 aromatic carbocycles. The van der Waals surface area contributed by atoms with Gasteiger partial charge in [-0.1, -0.05) is 30.3 Å². The van der Waals surface area contributed by atoms with Crippen LogP contribution in [-0.2, 0) is 6.54 Å². The summed E-state index contributed by atoms with van der Waals surface area (Å²) in [6.07, 6.45) is 3.48. The molecule has 0 unspecified atom stereocenters. The molecule has 2 aromatic heterocycles. The highest BCUT2D eigenvalue weighted by Gasteiger charge is 2.22. The van der Waals surface area contributed by atoms with E-state index in [1.54, 1.807) is 11.3 Å². The molecule has 5 heteroatoms. The third kappa shape index (κ3) is 2.84. The first kappa shape index (κ1) is 15.4. The topological polar surface area (TPSA) is 38.1 Å². The number of carbonyl (C=O) groups is 1. The Hall–Kier alpha value is -2.14. The molecule has 1 aliphatic rings. The molecule has 0 atom stereocenters. The molecule has 0 bridgehead atoms. The number of thiophene rings is 1. The normalized spacial score (nSPS) is 15.1. The molecule has 1 fully saturated rings. The second-order valence-electron chi connectivity index (χ2n) is 6.41. The molecule has 24 heavy (non-hydrogen) atoms. The van der Waals surface area contributed by atoms with Gasteiger partial charge in [-0.25, -0.2) is 0 Å². The maximum Gasteiger partial charge on any atom is 0.264 e. The molecule has 0 radical (unpaired) electrons. The van der Waals surface area contributed by atoms with E-state index in [9.17, 15) is 4.79 Å². The van der Waals surface area contributed by atoms with Gasteiger partial charge in [-0.3, -0.25) is 9.48 Å². The Balaban J connectivity index is 1.65. The van der Waals surface area contributed by atoms with Gasteiger partial charge >= 0.3 is 0 Å². The number of aromatic nitrogens is 2. The maximum absolute atomic E-state index is 12.8. The standard InChI is InChI=1S/C19H21N3OS/c1-14-16-12-17(18(23)21-10-6-3-7-11-21)24-19(16)22(20-14)13-15-8-4-2-5-9-15/h2,4-5,8-9,12H,3,6-7,10-11,13H2,1H3. The van der Waals surface area contributed by atoms with Crippen LogP contribution in [0.15, 0.2) is 36.4 Å². The Kier molecular flexibility index (Phi) is 4.10. The molecular weight excluding hydrogens is 318 g/mol. The van der Waals surface area contributed by atoms with Gasteiger partial charge in [0.05, 0.1) is 17.1 Å². The smallest absolute Gasteiger partial charge is 0.264 e. The van der Waals surface area contributed by atoms with E-state index in [0.29, 0.717) is 0 Å². The number of nitrogens with zero attached hydrogens (tertiary/aromatic N) is 3. The largest absolute Gasteiger partial charge is 0.338 e. The molecule has 124 valence electrons. The molecular formula is C19H21N3OS. The number of aryl methyl sites for hydroxylation is 1. The van der Waals surface area contributed by atoms with Crippen LogP contribution < -0.4 is 0 Å². The van der Waals surface area contributed by atoms with Crippen molar-refractivity contribution in [3.63, 3.8) is 0 Å². The fourth-order valence-corrected chi connectivity index (χ4v) is 4.46. The first-order valence-electron chi connectivity index (χ1n) is 8.52. The summed E-state index contributed by atoms with van der Waals surface area (Å²) in [6, 6.07) is 12.4. The number of hydrogen-bond donors (Lipinski definition) is 0. The number of benzene rings is 1. The number of rotatable bonds is 3. The minimum atomic E-state index is 0.182. The van der Waals surface area contributed by atoms with Crippen molar-refractivity contribution in [2.45, 2.75) is 32.7 Å². The third-order valence-corrected chi connectivity index (χ3v) is 5.77. The minimum Gasteiger partial charge on any atom is -0.338 e. The number of hydrogen-bond acceptors (Lipinski definition) is 3. The lowest BCUT2D eigenvalue weighted by atomic mass is 10.1. The van der Waals surface area contributed by atoms with E-state index < -0.39 is 0 Å². The van der Waals surface area contributed by atoms with Gasteiger partial charge < -0.3 is 4.90 Å². The fraction of sp³-hybridized carbons (Fsp3) is 0.368. The highest BCUT2D eigenvalue weighted by atomic mass is 32.1. The predicted molar refractivity (Wildman–Crippen MR) is 97.6 cm³/mol. The van der Waals surface area contributed by atoms with E-state index in [-0.39, 0.29) is 5.91 Å². The quantitative estimate of drug-likeness (QED) is 0.721. The molecule has 3 aromatic rings. The van der Waals surface area contributed by atoms with Crippen LogP contribution >= 0.6 is 11.3 Å². The summed E-state index contributed by atoms with van der Waals surface area (Å²) in [5, 5.41) is 5.77. The lowest BCUT2D eigenvalue weighted by molar-refractivity contribution is 0.0729. The maximum atomic E-state index is 12.8. The summed E-state index contributed by atoms with van der Waals surface area (Å²) in [5.41, 5.74) is 2.22. The molecule has 1 amide bonds. The summed E-state index contributed by atoms with van der Waals surface area (Å²) >= 11 is 1.57. The van der Waals surface area contributed by atoms with Crippen molar-refractivity contribution in [2.24, 2.45) is 0 Å². The summed E-state index contributed by atoms with van der Waals surface area (Å²) in [5.74, 6) is 0.182. The second kappa shape index (κ2) is 6.40. The van der Waals surface area contributed by atoms with Crippen molar-refractivity contribution in [1.29, 1.82) is 0 Å². The SMILES string of the molecule is Cc1nn(Cc2ccccc2)c2sc(C(=O)N3CCCCC3)cc12. The summed E-state index contributed by atoms with van der Waals surface area (Å²) in [4.78, 5) is 16.7. The molecule has 0 N–H and O–H groups in total. The van der Waals surface area contributed by atoms with E-state index in [0.717, 1.165) is 53.3 Å². The second-order valence-corrected chi connectivity index (χ2v) is 7.44. The van der Waals surface area contributed by atoms with Gasteiger partial charge in [0, 0.05) is 18.5 Å². The Morgan fingerprint density at radius 1 is 1.17 bits per heavy atom. The highest BCUT2D eigenvalue weighted by Crippen LogP contribution is 2.30. The molecule has 1 saturated heterocycles. The van der Waals surface area contributed by atoms with Crippen LogP contribution in [0.3, 0.4) is 0 Å². The van der Waals surface area contributed by atoms with Gasteiger partial charge in [-0.05, 0) is 37.8 Å². The number of carbonyl (C=O) groups excluding carboxylic acids is 1. The molecule has 0 saturated carbocycles. The average molecular weight is 339 g/mol. The van der Waals surface area contributed by atoms with Crippen LogP contribution in [0.5, 0.6) is 0 Å². The zero-order valence-corrected chi connectivity index (χ0v) is 14.7. The fourth-order valence-electron chi connectivity index (χ4n) is 3.33. The Morgan fingerprint density at radius 3 is 2.67 bits per heavy atom. The van der Waals surface area contributed by atoms with E-state index in [1.165, 1.54) is 12.0 Å². The highest BCUT2D eigenvalue weighted by molar-refractivity contribution is 7.20. The van der Waals surface area contributed by atoms with Crippen LogP contribution in [-0.4, -0.2) is 33.7 Å². The van der Waals surface area contributed by atoms with Gasteiger partial charge in [0.2, 0.25) is 0 Å². The van der Waals surface area contributed by atoms with Crippen molar-refractivity contribution in [3.05, 3.63) is 52.5 Å². The van der Waals surface area contributed by atoms with Crippen LogP contribution in [0, 0.1) is 6.92 Å². The molecule has 3 heterocycles. The monoisotopic (exact) mass is 339 g/mol. The van der Waals surface area contributed by atoms with Crippen molar-refractivity contribution >= 4 is 27.5 Å². The third-order valence-electron chi connectivity index (χ3n) is 4.64. The van der Waals surface area contributed by atoms with Crippen LogP contribution in [0.2, 0.25) is 0 Å². The molecule has 1 aliphatic heterocycles. The summed E-state index contributed by atoms with van der Waals surface area (Å²) in [7, 11) is 0. The van der Waals surface area contributed by atoms with Crippen LogP contribution in [0.1, 0.15) is 40.2 Å². The van der Waals surface area contributed by atoms with Crippen LogP contribution in [0.4, 0.5) is 0 Å². The van der Waals surface area contributed by atoms with Gasteiger partial charge in [0.15, 0.2) is 0 Å². The first-order chi connectivity index (χ1) is 11.7. The molecule has 4 nitrogen and oxygen atoms in total. The number of piperidine rings is 1. The van der Waals surface area contributed by atoms with E-state index in [4.69, 9.17) is 0 Å². The molecule has 4 rings (SSSR count).